The van der Waals surface area contributed by atoms with Crippen LogP contribution in [0.25, 0.3) is 0 Å². The highest BCUT2D eigenvalue weighted by atomic mass is 79.9. The first kappa shape index (κ1) is 14.4. The summed E-state index contributed by atoms with van der Waals surface area (Å²) in [6, 6.07) is 5.13. The summed E-state index contributed by atoms with van der Waals surface area (Å²) in [6.07, 6.45) is 7.54. The lowest BCUT2D eigenvalue weighted by Gasteiger charge is -2.16. The molecule has 1 aliphatic carbocycles. The Morgan fingerprint density at radius 1 is 1.26 bits per heavy atom. The van der Waals surface area contributed by atoms with Crippen LogP contribution in [-0.2, 0) is 0 Å². The zero-order valence-electron chi connectivity index (χ0n) is 10.9. The third kappa shape index (κ3) is 4.23. The highest BCUT2D eigenvalue weighted by Gasteiger charge is 2.16. The molecule has 19 heavy (non-hydrogen) atoms. The van der Waals surface area contributed by atoms with Crippen molar-refractivity contribution in [3.8, 4) is 5.75 Å². The van der Waals surface area contributed by atoms with Crippen molar-refractivity contribution in [2.24, 2.45) is 5.92 Å². The van der Waals surface area contributed by atoms with E-state index < -0.39 is 5.97 Å². The van der Waals surface area contributed by atoms with Gasteiger partial charge in [-0.25, -0.2) is 4.79 Å². The quantitative estimate of drug-likeness (QED) is 0.829. The van der Waals surface area contributed by atoms with Crippen LogP contribution in [0.4, 0.5) is 0 Å². The van der Waals surface area contributed by atoms with Crippen LogP contribution in [-0.4, -0.2) is 17.7 Å². The standard InChI is InChI=1S/C15H19BrO3/c16-12-7-8-14(13(9-12)15(17)18)19-10-11-5-3-1-2-4-6-11/h7-9,11H,1-6,10H2,(H,17,18). The van der Waals surface area contributed by atoms with E-state index in [0.717, 1.165) is 4.47 Å². The Balaban J connectivity index is 2.00. The maximum absolute atomic E-state index is 11.2. The van der Waals surface area contributed by atoms with Gasteiger partial charge < -0.3 is 9.84 Å². The van der Waals surface area contributed by atoms with Crippen molar-refractivity contribution in [3.05, 3.63) is 28.2 Å². The Hall–Kier alpha value is -1.03. The van der Waals surface area contributed by atoms with Crippen LogP contribution in [0.15, 0.2) is 22.7 Å². The fourth-order valence-electron chi connectivity index (χ4n) is 2.53. The molecule has 0 saturated heterocycles. The molecule has 0 radical (unpaired) electrons. The SMILES string of the molecule is O=C(O)c1cc(Br)ccc1OCC1CCCCCC1. The second kappa shape index (κ2) is 6.94. The van der Waals surface area contributed by atoms with Crippen LogP contribution >= 0.6 is 15.9 Å². The fraction of sp³-hybridized carbons (Fsp3) is 0.533. The number of carboxylic acids is 1. The summed E-state index contributed by atoms with van der Waals surface area (Å²) in [7, 11) is 0. The molecule has 0 aliphatic heterocycles. The molecule has 2 rings (SSSR count). The number of rotatable bonds is 4. The van der Waals surface area contributed by atoms with E-state index in [-0.39, 0.29) is 5.56 Å². The molecule has 4 heteroatoms. The molecule has 1 aliphatic rings. The first-order valence-corrected chi connectivity index (χ1v) is 7.62. The molecule has 0 amide bonds. The predicted octanol–water partition coefficient (Wildman–Crippen LogP) is 4.50. The van der Waals surface area contributed by atoms with Gasteiger partial charge in [-0.1, -0.05) is 41.6 Å². The van der Waals surface area contributed by atoms with E-state index in [4.69, 9.17) is 4.74 Å². The highest BCUT2D eigenvalue weighted by molar-refractivity contribution is 9.10. The Bertz CT molecular complexity index is 437. The van der Waals surface area contributed by atoms with Gasteiger partial charge >= 0.3 is 5.97 Å². The van der Waals surface area contributed by atoms with Gasteiger partial charge in [-0.3, -0.25) is 0 Å². The summed E-state index contributed by atoms with van der Waals surface area (Å²) in [5, 5.41) is 9.17. The monoisotopic (exact) mass is 326 g/mol. The molecule has 0 bridgehead atoms. The molecule has 0 unspecified atom stereocenters. The van der Waals surface area contributed by atoms with Gasteiger partial charge in [0.1, 0.15) is 11.3 Å². The van der Waals surface area contributed by atoms with Gasteiger partial charge in [-0.15, -0.1) is 0 Å². The molecule has 104 valence electrons. The zero-order chi connectivity index (χ0) is 13.7. The highest BCUT2D eigenvalue weighted by Crippen LogP contribution is 2.27. The number of carbonyl (C=O) groups is 1. The van der Waals surface area contributed by atoms with Gasteiger partial charge in [-0.2, -0.15) is 0 Å². The van der Waals surface area contributed by atoms with Crippen molar-refractivity contribution in [3.63, 3.8) is 0 Å². The van der Waals surface area contributed by atoms with E-state index >= 15 is 0 Å². The predicted molar refractivity (Wildman–Crippen MR) is 77.8 cm³/mol. The van der Waals surface area contributed by atoms with Gasteiger partial charge in [0.25, 0.3) is 0 Å². The summed E-state index contributed by atoms with van der Waals surface area (Å²) in [5.74, 6) is 0.0879. The van der Waals surface area contributed by atoms with Crippen LogP contribution < -0.4 is 4.74 Å². The normalized spacial score (nSPS) is 16.9. The van der Waals surface area contributed by atoms with E-state index in [1.165, 1.54) is 38.5 Å². The number of hydrogen-bond donors (Lipinski definition) is 1. The average Bonchev–Trinajstić information content (AvgIpc) is 2.65. The van der Waals surface area contributed by atoms with Crippen LogP contribution in [0.1, 0.15) is 48.9 Å². The largest absolute Gasteiger partial charge is 0.492 e. The Labute approximate surface area is 122 Å². The summed E-state index contributed by atoms with van der Waals surface area (Å²) in [6.45, 7) is 0.627. The van der Waals surface area contributed by atoms with Crippen molar-refractivity contribution < 1.29 is 14.6 Å². The van der Waals surface area contributed by atoms with Gasteiger partial charge in [-0.05, 0) is 37.0 Å². The zero-order valence-corrected chi connectivity index (χ0v) is 12.5. The van der Waals surface area contributed by atoms with Crippen LogP contribution in [0.5, 0.6) is 5.75 Å². The molecule has 0 aromatic heterocycles. The van der Waals surface area contributed by atoms with Gasteiger partial charge in [0.05, 0.1) is 6.61 Å². The minimum absolute atomic E-state index is 0.225. The summed E-state index contributed by atoms with van der Waals surface area (Å²) >= 11 is 3.28. The maximum Gasteiger partial charge on any atom is 0.339 e. The molecule has 1 aromatic rings. The lowest BCUT2D eigenvalue weighted by molar-refractivity contribution is 0.0691. The van der Waals surface area contributed by atoms with Crippen molar-refractivity contribution in [2.45, 2.75) is 38.5 Å². The van der Waals surface area contributed by atoms with Crippen LogP contribution in [0.3, 0.4) is 0 Å². The van der Waals surface area contributed by atoms with Crippen molar-refractivity contribution in [1.29, 1.82) is 0 Å². The minimum atomic E-state index is -0.947. The molecule has 1 fully saturated rings. The molecular weight excluding hydrogens is 308 g/mol. The summed E-state index contributed by atoms with van der Waals surface area (Å²) in [4.78, 5) is 11.2. The Morgan fingerprint density at radius 2 is 1.95 bits per heavy atom. The molecule has 0 atom stereocenters. The number of benzene rings is 1. The van der Waals surface area contributed by atoms with Crippen molar-refractivity contribution >= 4 is 21.9 Å². The number of hydrogen-bond acceptors (Lipinski definition) is 2. The van der Waals surface area contributed by atoms with Gasteiger partial charge in [0.15, 0.2) is 0 Å². The number of aromatic carboxylic acids is 1. The third-order valence-corrected chi connectivity index (χ3v) is 4.11. The fourth-order valence-corrected chi connectivity index (χ4v) is 2.89. The van der Waals surface area contributed by atoms with E-state index in [0.29, 0.717) is 18.3 Å². The first-order chi connectivity index (χ1) is 9.16. The van der Waals surface area contributed by atoms with Crippen LogP contribution in [0, 0.1) is 5.92 Å². The second-order valence-electron chi connectivity index (χ2n) is 5.11. The molecule has 1 saturated carbocycles. The molecule has 0 spiro atoms. The number of ether oxygens (including phenoxy) is 1. The first-order valence-electron chi connectivity index (χ1n) is 6.82. The van der Waals surface area contributed by atoms with Crippen molar-refractivity contribution in [2.75, 3.05) is 6.61 Å². The molecule has 0 heterocycles. The van der Waals surface area contributed by atoms with E-state index in [9.17, 15) is 9.90 Å². The average molecular weight is 327 g/mol. The van der Waals surface area contributed by atoms with E-state index in [1.54, 1.807) is 12.1 Å². The Kier molecular flexibility index (Phi) is 5.25. The molecule has 1 aromatic carbocycles. The van der Waals surface area contributed by atoms with Gasteiger partial charge in [0, 0.05) is 4.47 Å². The molecule has 1 N–H and O–H groups in total. The second-order valence-corrected chi connectivity index (χ2v) is 6.03. The van der Waals surface area contributed by atoms with Crippen LogP contribution in [0.2, 0.25) is 0 Å². The van der Waals surface area contributed by atoms with E-state index in [1.807, 2.05) is 6.07 Å². The minimum Gasteiger partial charge on any atom is -0.492 e. The molecule has 3 nitrogen and oxygen atoms in total. The van der Waals surface area contributed by atoms with E-state index in [2.05, 4.69) is 15.9 Å². The third-order valence-electron chi connectivity index (χ3n) is 3.62. The summed E-state index contributed by atoms with van der Waals surface area (Å²) in [5.41, 5.74) is 0.225. The number of halogens is 1. The number of carboxylic acid groups (broad SMARTS) is 1. The lowest BCUT2D eigenvalue weighted by atomic mass is 10.0. The smallest absolute Gasteiger partial charge is 0.339 e. The Morgan fingerprint density at radius 3 is 2.58 bits per heavy atom. The van der Waals surface area contributed by atoms with Gasteiger partial charge in [0.2, 0.25) is 0 Å². The maximum atomic E-state index is 11.2. The topological polar surface area (TPSA) is 46.5 Å². The lowest BCUT2D eigenvalue weighted by Crippen LogP contribution is -2.13. The summed E-state index contributed by atoms with van der Waals surface area (Å²) < 4.78 is 6.50. The van der Waals surface area contributed by atoms with Crippen molar-refractivity contribution in [1.82, 2.24) is 0 Å². The molecular formula is C15H19BrO3.